The van der Waals surface area contributed by atoms with Crippen LogP contribution in [0.5, 0.6) is 0 Å². The van der Waals surface area contributed by atoms with Crippen LogP contribution in [0.3, 0.4) is 0 Å². The van der Waals surface area contributed by atoms with Crippen molar-refractivity contribution < 1.29 is 4.79 Å². The van der Waals surface area contributed by atoms with Gasteiger partial charge in [0.1, 0.15) is 0 Å². The molecule has 2 aliphatic rings. The van der Waals surface area contributed by atoms with Crippen LogP contribution in [-0.4, -0.2) is 87.1 Å². The number of rotatable bonds is 4. The van der Waals surface area contributed by atoms with Crippen molar-refractivity contribution in [1.82, 2.24) is 20.0 Å². The van der Waals surface area contributed by atoms with Crippen LogP contribution in [0.1, 0.15) is 12.8 Å². The summed E-state index contributed by atoms with van der Waals surface area (Å²) in [6.45, 7) is 6.25. The lowest BCUT2D eigenvalue weighted by atomic mass is 10.1. The number of carbonyl (C=O) groups is 1. The van der Waals surface area contributed by atoms with Gasteiger partial charge in [0, 0.05) is 52.2 Å². The molecule has 2 atom stereocenters. The van der Waals surface area contributed by atoms with E-state index in [-0.39, 0.29) is 5.91 Å². The molecule has 19 heavy (non-hydrogen) atoms. The highest BCUT2D eigenvalue weighted by atomic mass is 16.2. The first-order chi connectivity index (χ1) is 9.04. The van der Waals surface area contributed by atoms with Crippen molar-refractivity contribution in [2.45, 2.75) is 18.9 Å². The van der Waals surface area contributed by atoms with E-state index in [0.717, 1.165) is 32.7 Å². The smallest absolute Gasteiger partial charge is 0.223 e. The third kappa shape index (κ3) is 4.44. The van der Waals surface area contributed by atoms with Crippen molar-refractivity contribution in [3.63, 3.8) is 0 Å². The molecule has 0 radical (unpaired) electrons. The van der Waals surface area contributed by atoms with Crippen LogP contribution in [0.15, 0.2) is 0 Å². The van der Waals surface area contributed by atoms with Crippen molar-refractivity contribution in [2.75, 3.05) is 60.4 Å². The molecule has 0 bridgehead atoms. The molecule has 1 amide bonds. The number of hydrogen-bond donors (Lipinski definition) is 1. The number of likely N-dealkylation sites (tertiary alicyclic amines) is 1. The first kappa shape index (κ1) is 14.8. The largest absolute Gasteiger partial charge is 0.345 e. The lowest BCUT2D eigenvalue weighted by Crippen LogP contribution is -2.51. The average molecular weight is 268 g/mol. The van der Waals surface area contributed by atoms with Crippen LogP contribution in [-0.2, 0) is 4.79 Å². The van der Waals surface area contributed by atoms with Crippen LogP contribution in [0, 0.1) is 5.92 Å². The molecule has 2 unspecified atom stereocenters. The fourth-order valence-corrected chi connectivity index (χ4v) is 3.16. The van der Waals surface area contributed by atoms with Crippen LogP contribution >= 0.6 is 0 Å². The van der Waals surface area contributed by atoms with Gasteiger partial charge in [-0.3, -0.25) is 4.79 Å². The second-order valence-corrected chi connectivity index (χ2v) is 6.31. The van der Waals surface area contributed by atoms with Gasteiger partial charge in [-0.25, -0.2) is 0 Å². The Balaban J connectivity index is 1.72. The van der Waals surface area contributed by atoms with E-state index in [2.05, 4.69) is 29.2 Å². The maximum Gasteiger partial charge on any atom is 0.223 e. The molecule has 0 aromatic heterocycles. The van der Waals surface area contributed by atoms with Crippen molar-refractivity contribution in [3.05, 3.63) is 0 Å². The zero-order valence-electron chi connectivity index (χ0n) is 12.6. The van der Waals surface area contributed by atoms with Crippen LogP contribution in [0.2, 0.25) is 0 Å². The Labute approximate surface area is 116 Å². The topological polar surface area (TPSA) is 38.8 Å². The number of amides is 1. The highest BCUT2D eigenvalue weighted by Gasteiger charge is 2.25. The van der Waals surface area contributed by atoms with Crippen LogP contribution < -0.4 is 5.32 Å². The van der Waals surface area contributed by atoms with Gasteiger partial charge in [0.2, 0.25) is 5.91 Å². The normalized spacial score (nSPS) is 29.6. The second-order valence-electron chi connectivity index (χ2n) is 6.31. The summed E-state index contributed by atoms with van der Waals surface area (Å²) in [6, 6.07) is 0.319. The molecule has 2 saturated heterocycles. The van der Waals surface area contributed by atoms with E-state index in [0.29, 0.717) is 18.4 Å². The lowest BCUT2D eigenvalue weighted by molar-refractivity contribution is -0.131. The molecule has 0 aromatic rings. The first-order valence-electron chi connectivity index (χ1n) is 7.39. The monoisotopic (exact) mass is 268 g/mol. The van der Waals surface area contributed by atoms with E-state index in [9.17, 15) is 4.79 Å². The predicted octanol–water partition coefficient (Wildman–Crippen LogP) is -0.310. The van der Waals surface area contributed by atoms with E-state index in [1.807, 2.05) is 11.9 Å². The van der Waals surface area contributed by atoms with Crippen molar-refractivity contribution in [3.8, 4) is 0 Å². The fourth-order valence-electron chi connectivity index (χ4n) is 3.16. The number of hydrogen-bond acceptors (Lipinski definition) is 4. The van der Waals surface area contributed by atoms with Gasteiger partial charge in [-0.05, 0) is 33.0 Å². The minimum Gasteiger partial charge on any atom is -0.345 e. The predicted molar refractivity (Wildman–Crippen MR) is 77.1 cm³/mol. The Morgan fingerprint density at radius 1 is 1.26 bits per heavy atom. The Morgan fingerprint density at radius 3 is 2.63 bits per heavy atom. The molecule has 0 spiro atoms. The summed E-state index contributed by atoms with van der Waals surface area (Å²) in [5.41, 5.74) is 0. The molecule has 5 nitrogen and oxygen atoms in total. The molecular formula is C14H28N4O. The molecule has 0 aromatic carbocycles. The SMILES string of the molecule is CN1CCC(CN(C)C(=O)CC2CN(C)CCN2)C1. The Morgan fingerprint density at radius 2 is 2.00 bits per heavy atom. The molecule has 110 valence electrons. The Kier molecular flexibility index (Phi) is 5.19. The number of likely N-dealkylation sites (N-methyl/N-ethyl adjacent to an activating group) is 1. The molecule has 2 rings (SSSR count). The maximum absolute atomic E-state index is 12.2. The minimum atomic E-state index is 0.280. The third-order valence-electron chi connectivity index (χ3n) is 4.33. The minimum absolute atomic E-state index is 0.280. The lowest BCUT2D eigenvalue weighted by Gasteiger charge is -2.32. The quantitative estimate of drug-likeness (QED) is 0.759. The highest BCUT2D eigenvalue weighted by Crippen LogP contribution is 2.15. The molecule has 0 saturated carbocycles. The summed E-state index contributed by atoms with van der Waals surface area (Å²) in [4.78, 5) is 18.8. The van der Waals surface area contributed by atoms with E-state index in [1.165, 1.54) is 13.0 Å². The van der Waals surface area contributed by atoms with Gasteiger partial charge in [0.25, 0.3) is 0 Å². The number of nitrogens with one attached hydrogen (secondary N) is 1. The summed E-state index contributed by atoms with van der Waals surface area (Å²) >= 11 is 0. The molecule has 2 fully saturated rings. The molecule has 2 heterocycles. The number of piperazine rings is 1. The highest BCUT2D eigenvalue weighted by molar-refractivity contribution is 5.76. The van der Waals surface area contributed by atoms with Gasteiger partial charge >= 0.3 is 0 Å². The van der Waals surface area contributed by atoms with E-state index < -0.39 is 0 Å². The zero-order valence-corrected chi connectivity index (χ0v) is 12.6. The summed E-state index contributed by atoms with van der Waals surface area (Å²) in [5.74, 6) is 0.934. The summed E-state index contributed by atoms with van der Waals surface area (Å²) in [6.07, 6.45) is 1.85. The molecule has 1 N–H and O–H groups in total. The van der Waals surface area contributed by atoms with Crippen molar-refractivity contribution in [2.24, 2.45) is 5.92 Å². The van der Waals surface area contributed by atoms with E-state index >= 15 is 0 Å². The van der Waals surface area contributed by atoms with Crippen LogP contribution in [0.4, 0.5) is 0 Å². The summed E-state index contributed by atoms with van der Waals surface area (Å²) < 4.78 is 0. The summed E-state index contributed by atoms with van der Waals surface area (Å²) in [7, 11) is 6.23. The van der Waals surface area contributed by atoms with Gasteiger partial charge in [-0.15, -0.1) is 0 Å². The van der Waals surface area contributed by atoms with Gasteiger partial charge in [0.05, 0.1) is 0 Å². The van der Waals surface area contributed by atoms with E-state index in [1.54, 1.807) is 0 Å². The number of carbonyl (C=O) groups excluding carboxylic acids is 1. The molecule has 0 aliphatic carbocycles. The standard InChI is InChI=1S/C14H28N4O/c1-16-6-4-12(9-16)10-18(3)14(19)8-13-11-17(2)7-5-15-13/h12-13,15H,4-11H2,1-3H3. The third-order valence-corrected chi connectivity index (χ3v) is 4.33. The maximum atomic E-state index is 12.2. The number of nitrogens with zero attached hydrogens (tertiary/aromatic N) is 3. The second kappa shape index (κ2) is 6.68. The molecule has 5 heteroatoms. The van der Waals surface area contributed by atoms with Crippen molar-refractivity contribution in [1.29, 1.82) is 0 Å². The average Bonchev–Trinajstić information content (AvgIpc) is 2.74. The van der Waals surface area contributed by atoms with Gasteiger partial charge in [0.15, 0.2) is 0 Å². The van der Waals surface area contributed by atoms with E-state index in [4.69, 9.17) is 0 Å². The zero-order chi connectivity index (χ0) is 13.8. The van der Waals surface area contributed by atoms with Crippen molar-refractivity contribution >= 4 is 5.91 Å². The van der Waals surface area contributed by atoms with Gasteiger partial charge < -0.3 is 20.0 Å². The Hall–Kier alpha value is -0.650. The van der Waals surface area contributed by atoms with Crippen LogP contribution in [0.25, 0.3) is 0 Å². The van der Waals surface area contributed by atoms with Gasteiger partial charge in [-0.2, -0.15) is 0 Å². The summed E-state index contributed by atoms with van der Waals surface area (Å²) in [5, 5.41) is 3.44. The fraction of sp³-hybridized carbons (Fsp3) is 0.929. The molecular weight excluding hydrogens is 240 g/mol. The Bertz CT molecular complexity index is 310. The van der Waals surface area contributed by atoms with Gasteiger partial charge in [-0.1, -0.05) is 0 Å². The molecule has 2 aliphatic heterocycles. The first-order valence-corrected chi connectivity index (χ1v) is 7.39.